The molecule has 1 atom stereocenters. The fraction of sp³-hybridized carbons (Fsp3) is 0.611. The van der Waals surface area contributed by atoms with Crippen molar-refractivity contribution in [2.75, 3.05) is 30.7 Å². The first-order valence-electron chi connectivity index (χ1n) is 8.47. The SMILES string of the molecule is CC(C)(C)S(=O)CCN=C(Nc1ccccc1)N1CCCCC1.I. The average molecular weight is 463 g/mol. The van der Waals surface area contributed by atoms with Gasteiger partial charge in [-0.25, -0.2) is 0 Å². The minimum absolute atomic E-state index is 0. The molecule has 136 valence electrons. The fourth-order valence-electron chi connectivity index (χ4n) is 2.52. The first kappa shape index (κ1) is 21.4. The van der Waals surface area contributed by atoms with Crippen LogP contribution in [0.3, 0.4) is 0 Å². The van der Waals surface area contributed by atoms with Gasteiger partial charge in [0.05, 0.1) is 6.54 Å². The molecule has 1 aromatic rings. The van der Waals surface area contributed by atoms with Crippen molar-refractivity contribution in [3.8, 4) is 0 Å². The Bertz CT molecular complexity index is 537. The van der Waals surface area contributed by atoms with Crippen LogP contribution in [-0.4, -0.2) is 45.2 Å². The van der Waals surface area contributed by atoms with Gasteiger partial charge < -0.3 is 10.2 Å². The van der Waals surface area contributed by atoms with Gasteiger partial charge in [0.1, 0.15) is 0 Å². The van der Waals surface area contributed by atoms with E-state index in [1.807, 2.05) is 51.1 Å². The highest BCUT2D eigenvalue weighted by Crippen LogP contribution is 2.14. The number of likely N-dealkylation sites (tertiary alicyclic amines) is 1. The number of piperidine rings is 1. The highest BCUT2D eigenvalue weighted by molar-refractivity contribution is 14.0. The number of halogens is 1. The molecule has 1 aromatic carbocycles. The van der Waals surface area contributed by atoms with Crippen LogP contribution in [0.25, 0.3) is 0 Å². The van der Waals surface area contributed by atoms with Crippen LogP contribution in [0, 0.1) is 0 Å². The van der Waals surface area contributed by atoms with Gasteiger partial charge in [-0.2, -0.15) is 0 Å². The van der Waals surface area contributed by atoms with Crippen LogP contribution < -0.4 is 5.32 Å². The predicted molar refractivity (Wildman–Crippen MR) is 116 cm³/mol. The average Bonchev–Trinajstić information content (AvgIpc) is 2.54. The monoisotopic (exact) mass is 463 g/mol. The maximum Gasteiger partial charge on any atom is 0.198 e. The molecule has 1 aliphatic heterocycles. The second kappa shape index (κ2) is 10.4. The lowest BCUT2D eigenvalue weighted by Crippen LogP contribution is -2.40. The number of rotatable bonds is 4. The van der Waals surface area contributed by atoms with Gasteiger partial charge in [0.25, 0.3) is 0 Å². The van der Waals surface area contributed by atoms with Gasteiger partial charge in [0.2, 0.25) is 0 Å². The minimum atomic E-state index is -0.859. The first-order valence-corrected chi connectivity index (χ1v) is 9.78. The van der Waals surface area contributed by atoms with Crippen LogP contribution in [0.5, 0.6) is 0 Å². The highest BCUT2D eigenvalue weighted by atomic mass is 127. The van der Waals surface area contributed by atoms with E-state index in [1.54, 1.807) is 0 Å². The largest absolute Gasteiger partial charge is 0.343 e. The molecule has 0 radical (unpaired) electrons. The van der Waals surface area contributed by atoms with E-state index in [9.17, 15) is 4.21 Å². The zero-order valence-corrected chi connectivity index (χ0v) is 18.1. The van der Waals surface area contributed by atoms with E-state index in [2.05, 4.69) is 10.2 Å². The Morgan fingerprint density at radius 2 is 1.79 bits per heavy atom. The molecule has 0 saturated carbocycles. The second-order valence-electron chi connectivity index (χ2n) is 6.91. The van der Waals surface area contributed by atoms with Crippen molar-refractivity contribution in [3.63, 3.8) is 0 Å². The summed E-state index contributed by atoms with van der Waals surface area (Å²) in [5.74, 6) is 1.53. The van der Waals surface area contributed by atoms with Crippen molar-refractivity contribution in [3.05, 3.63) is 30.3 Å². The third-order valence-electron chi connectivity index (χ3n) is 3.91. The van der Waals surface area contributed by atoms with Gasteiger partial charge in [-0.1, -0.05) is 18.2 Å². The molecular formula is C18H30IN3OS. The van der Waals surface area contributed by atoms with Gasteiger partial charge in [-0.05, 0) is 52.2 Å². The van der Waals surface area contributed by atoms with Crippen LogP contribution in [-0.2, 0) is 10.8 Å². The lowest BCUT2D eigenvalue weighted by atomic mass is 10.1. The van der Waals surface area contributed by atoms with Crippen LogP contribution in [0.2, 0.25) is 0 Å². The molecule has 0 spiro atoms. The molecule has 2 rings (SSSR count). The molecule has 1 fully saturated rings. The van der Waals surface area contributed by atoms with Crippen molar-refractivity contribution in [1.82, 2.24) is 4.90 Å². The maximum absolute atomic E-state index is 12.2. The number of para-hydroxylation sites is 1. The molecule has 0 amide bonds. The Hall–Kier alpha value is -0.630. The lowest BCUT2D eigenvalue weighted by Gasteiger charge is -2.30. The molecule has 1 unspecified atom stereocenters. The number of aliphatic imine (C=N–C) groups is 1. The Labute approximate surface area is 166 Å². The molecule has 1 heterocycles. The Balaban J connectivity index is 0.00000288. The van der Waals surface area contributed by atoms with Crippen LogP contribution in [0.1, 0.15) is 40.0 Å². The van der Waals surface area contributed by atoms with E-state index in [-0.39, 0.29) is 28.7 Å². The molecule has 1 N–H and O–H groups in total. The van der Waals surface area contributed by atoms with Crippen molar-refractivity contribution >= 4 is 46.4 Å². The molecule has 0 bridgehead atoms. The number of nitrogens with zero attached hydrogens (tertiary/aromatic N) is 2. The standard InChI is InChI=1S/C18H29N3OS.HI/c1-18(2,3)23(22)15-12-19-17(21-13-8-5-9-14-21)20-16-10-6-4-7-11-16;/h4,6-7,10-11H,5,8-9,12-15H2,1-3H3,(H,19,20);1H. The number of nitrogens with one attached hydrogen (secondary N) is 1. The highest BCUT2D eigenvalue weighted by Gasteiger charge is 2.19. The molecule has 0 aromatic heterocycles. The molecule has 6 heteroatoms. The van der Waals surface area contributed by atoms with Crippen LogP contribution in [0.4, 0.5) is 5.69 Å². The van der Waals surface area contributed by atoms with E-state index in [0.29, 0.717) is 12.3 Å². The van der Waals surface area contributed by atoms with Crippen molar-refractivity contribution in [1.29, 1.82) is 0 Å². The van der Waals surface area contributed by atoms with Crippen molar-refractivity contribution in [2.45, 2.75) is 44.8 Å². The summed E-state index contributed by atoms with van der Waals surface area (Å²) in [6.45, 7) is 8.72. The van der Waals surface area contributed by atoms with E-state index >= 15 is 0 Å². The Morgan fingerprint density at radius 3 is 2.38 bits per heavy atom. The zero-order chi connectivity index (χ0) is 16.7. The summed E-state index contributed by atoms with van der Waals surface area (Å²) in [6, 6.07) is 10.1. The van der Waals surface area contributed by atoms with E-state index in [0.717, 1.165) is 24.7 Å². The fourth-order valence-corrected chi connectivity index (χ4v) is 3.39. The van der Waals surface area contributed by atoms with Crippen LogP contribution >= 0.6 is 24.0 Å². The lowest BCUT2D eigenvalue weighted by molar-refractivity contribution is 0.340. The minimum Gasteiger partial charge on any atom is -0.343 e. The van der Waals surface area contributed by atoms with Gasteiger partial charge >= 0.3 is 0 Å². The molecule has 0 aliphatic carbocycles. The smallest absolute Gasteiger partial charge is 0.198 e. The summed E-state index contributed by atoms with van der Waals surface area (Å²) in [5.41, 5.74) is 1.05. The Kier molecular flexibility index (Phi) is 9.26. The van der Waals surface area contributed by atoms with E-state index in [1.165, 1.54) is 19.3 Å². The Morgan fingerprint density at radius 1 is 1.17 bits per heavy atom. The first-order chi connectivity index (χ1) is 11.0. The molecule has 24 heavy (non-hydrogen) atoms. The second-order valence-corrected chi connectivity index (χ2v) is 9.23. The van der Waals surface area contributed by atoms with E-state index < -0.39 is 10.8 Å². The summed E-state index contributed by atoms with van der Waals surface area (Å²) in [4.78, 5) is 7.05. The van der Waals surface area contributed by atoms with Gasteiger partial charge in [-0.15, -0.1) is 24.0 Å². The topological polar surface area (TPSA) is 44.7 Å². The number of benzene rings is 1. The zero-order valence-electron chi connectivity index (χ0n) is 15.0. The summed E-state index contributed by atoms with van der Waals surface area (Å²) in [5, 5.41) is 3.44. The summed E-state index contributed by atoms with van der Waals surface area (Å²) in [6.07, 6.45) is 3.72. The van der Waals surface area contributed by atoms with Crippen LogP contribution in [0.15, 0.2) is 35.3 Å². The quantitative estimate of drug-likeness (QED) is 0.416. The normalized spacial score (nSPS) is 17.1. The van der Waals surface area contributed by atoms with Crippen molar-refractivity contribution < 1.29 is 4.21 Å². The summed E-state index contributed by atoms with van der Waals surface area (Å²) < 4.78 is 12.0. The number of guanidine groups is 1. The number of hydrogen-bond acceptors (Lipinski definition) is 2. The third kappa shape index (κ3) is 7.09. The third-order valence-corrected chi connectivity index (χ3v) is 5.83. The van der Waals surface area contributed by atoms with Gasteiger partial charge in [0.15, 0.2) is 5.96 Å². The summed E-state index contributed by atoms with van der Waals surface area (Å²) >= 11 is 0. The van der Waals surface area contributed by atoms with Gasteiger partial charge in [0, 0.05) is 40.1 Å². The predicted octanol–water partition coefficient (Wildman–Crippen LogP) is 4.11. The van der Waals surface area contributed by atoms with Gasteiger partial charge in [-0.3, -0.25) is 9.20 Å². The molecule has 1 aliphatic rings. The number of anilines is 1. The molecule has 4 nitrogen and oxygen atoms in total. The molecular weight excluding hydrogens is 433 g/mol. The van der Waals surface area contributed by atoms with E-state index in [4.69, 9.17) is 4.99 Å². The molecule has 1 saturated heterocycles. The number of hydrogen-bond donors (Lipinski definition) is 1. The van der Waals surface area contributed by atoms with Crippen molar-refractivity contribution in [2.24, 2.45) is 4.99 Å². The summed E-state index contributed by atoms with van der Waals surface area (Å²) in [7, 11) is -0.859. The maximum atomic E-state index is 12.2.